The van der Waals surface area contributed by atoms with Crippen molar-refractivity contribution < 1.29 is 4.39 Å². The zero-order valence-electron chi connectivity index (χ0n) is 10.7. The number of nitrogens with one attached hydrogen (secondary N) is 1. The molecule has 0 heterocycles. The second-order valence-electron chi connectivity index (χ2n) is 4.39. The van der Waals surface area contributed by atoms with Crippen molar-refractivity contribution in [1.82, 2.24) is 5.32 Å². The summed E-state index contributed by atoms with van der Waals surface area (Å²) in [6.45, 7) is 1.99. The lowest BCUT2D eigenvalue weighted by atomic mass is 9.95. The Morgan fingerprint density at radius 1 is 1.16 bits per heavy atom. The van der Waals surface area contributed by atoms with Crippen molar-refractivity contribution in [1.29, 1.82) is 0 Å². The Bertz CT molecular complexity index is 549. The lowest BCUT2D eigenvalue weighted by molar-refractivity contribution is 0.575. The summed E-state index contributed by atoms with van der Waals surface area (Å²) in [5.41, 5.74) is 2.65. The molecule has 1 nitrogen and oxygen atoms in total. The first-order chi connectivity index (χ1) is 9.02. The van der Waals surface area contributed by atoms with Crippen LogP contribution in [0.4, 0.5) is 4.39 Å². The van der Waals surface area contributed by atoms with Crippen LogP contribution in [0.25, 0.3) is 0 Å². The Balaban J connectivity index is 2.55. The van der Waals surface area contributed by atoms with Crippen LogP contribution in [0.2, 0.25) is 5.02 Å². The summed E-state index contributed by atoms with van der Waals surface area (Å²) in [4.78, 5) is 0. The van der Waals surface area contributed by atoms with Crippen LogP contribution >= 0.6 is 27.5 Å². The Kier molecular flexibility index (Phi) is 4.61. The quantitative estimate of drug-likeness (QED) is 0.840. The summed E-state index contributed by atoms with van der Waals surface area (Å²) in [5, 5.41) is 3.80. The van der Waals surface area contributed by atoms with Crippen molar-refractivity contribution in [3.05, 3.63) is 68.4 Å². The predicted molar refractivity (Wildman–Crippen MR) is 81.2 cm³/mol. The molecule has 2 aromatic carbocycles. The van der Waals surface area contributed by atoms with Crippen LogP contribution in [-0.2, 0) is 0 Å². The van der Waals surface area contributed by atoms with E-state index in [1.165, 1.54) is 6.07 Å². The molecule has 1 unspecified atom stereocenters. The molecule has 2 aromatic rings. The molecule has 0 aromatic heterocycles. The molecule has 1 N–H and O–H groups in total. The average molecular weight is 343 g/mol. The van der Waals surface area contributed by atoms with Gasteiger partial charge in [0.05, 0.1) is 6.04 Å². The van der Waals surface area contributed by atoms with Gasteiger partial charge in [0.25, 0.3) is 0 Å². The standard InChI is InChI=1S/C15H14BrClFN/c1-9-3-5-11(17)8-12(9)15(19-2)13-7-10(16)4-6-14(13)18/h3-8,15,19H,1-2H3. The van der Waals surface area contributed by atoms with Crippen LogP contribution in [0.15, 0.2) is 40.9 Å². The normalized spacial score (nSPS) is 12.5. The summed E-state index contributed by atoms with van der Waals surface area (Å²) in [6, 6.07) is 10.4. The van der Waals surface area contributed by atoms with Crippen molar-refractivity contribution in [2.24, 2.45) is 0 Å². The maximum absolute atomic E-state index is 14.0. The molecule has 0 fully saturated rings. The van der Waals surface area contributed by atoms with Crippen LogP contribution in [0.5, 0.6) is 0 Å². The van der Waals surface area contributed by atoms with Crippen LogP contribution < -0.4 is 5.32 Å². The molecule has 0 spiro atoms. The molecule has 0 bridgehead atoms. The summed E-state index contributed by atoms with van der Waals surface area (Å²) in [7, 11) is 1.81. The Morgan fingerprint density at radius 2 is 1.89 bits per heavy atom. The van der Waals surface area contributed by atoms with E-state index >= 15 is 0 Å². The smallest absolute Gasteiger partial charge is 0.128 e. The zero-order chi connectivity index (χ0) is 14.0. The zero-order valence-corrected chi connectivity index (χ0v) is 13.0. The first kappa shape index (κ1) is 14.5. The highest BCUT2D eigenvalue weighted by molar-refractivity contribution is 9.10. The third-order valence-electron chi connectivity index (χ3n) is 3.11. The minimum atomic E-state index is -0.234. The number of rotatable bonds is 3. The third-order valence-corrected chi connectivity index (χ3v) is 3.84. The third kappa shape index (κ3) is 3.16. The molecular weight excluding hydrogens is 329 g/mol. The van der Waals surface area contributed by atoms with Crippen molar-refractivity contribution in [2.75, 3.05) is 7.05 Å². The number of halogens is 3. The van der Waals surface area contributed by atoms with E-state index in [1.807, 2.05) is 32.2 Å². The van der Waals surface area contributed by atoms with Gasteiger partial charge >= 0.3 is 0 Å². The second-order valence-corrected chi connectivity index (χ2v) is 5.74. The van der Waals surface area contributed by atoms with Gasteiger partial charge in [0.2, 0.25) is 0 Å². The lowest BCUT2D eigenvalue weighted by Crippen LogP contribution is -2.20. The fourth-order valence-corrected chi connectivity index (χ4v) is 2.70. The van der Waals surface area contributed by atoms with Crippen molar-refractivity contribution in [2.45, 2.75) is 13.0 Å². The molecule has 0 saturated carbocycles. The molecule has 0 aliphatic carbocycles. The second kappa shape index (κ2) is 6.04. The number of benzene rings is 2. The summed E-state index contributed by atoms with van der Waals surface area (Å²) < 4.78 is 14.9. The van der Waals surface area contributed by atoms with Gasteiger partial charge in [-0.1, -0.05) is 33.6 Å². The predicted octanol–water partition coefficient (Wildman–Crippen LogP) is 4.86. The van der Waals surface area contributed by atoms with Gasteiger partial charge in [0.15, 0.2) is 0 Å². The van der Waals surface area contributed by atoms with E-state index in [9.17, 15) is 4.39 Å². The lowest BCUT2D eigenvalue weighted by Gasteiger charge is -2.20. The van der Waals surface area contributed by atoms with Crippen LogP contribution in [0.3, 0.4) is 0 Å². The number of aryl methyl sites for hydroxylation is 1. The first-order valence-electron chi connectivity index (χ1n) is 5.91. The molecule has 19 heavy (non-hydrogen) atoms. The maximum atomic E-state index is 14.0. The van der Waals surface area contributed by atoms with Crippen molar-refractivity contribution in [3.63, 3.8) is 0 Å². The largest absolute Gasteiger partial charge is 0.309 e. The van der Waals surface area contributed by atoms with Crippen molar-refractivity contribution >= 4 is 27.5 Å². The van der Waals surface area contributed by atoms with Crippen molar-refractivity contribution in [3.8, 4) is 0 Å². The average Bonchev–Trinajstić information content (AvgIpc) is 2.38. The van der Waals surface area contributed by atoms with E-state index in [0.717, 1.165) is 15.6 Å². The first-order valence-corrected chi connectivity index (χ1v) is 7.08. The molecule has 0 saturated heterocycles. The van der Waals surface area contributed by atoms with Gasteiger partial charge in [-0.05, 0) is 55.4 Å². The fraction of sp³-hybridized carbons (Fsp3) is 0.200. The van der Waals surface area contributed by atoms with Gasteiger partial charge in [-0.3, -0.25) is 0 Å². The molecule has 100 valence electrons. The van der Waals surface area contributed by atoms with Gasteiger partial charge in [0, 0.05) is 15.1 Å². The van der Waals surface area contributed by atoms with E-state index < -0.39 is 0 Å². The van der Waals surface area contributed by atoms with E-state index in [0.29, 0.717) is 10.6 Å². The SMILES string of the molecule is CNC(c1cc(Cl)ccc1C)c1cc(Br)ccc1F. The minimum Gasteiger partial charge on any atom is -0.309 e. The van der Waals surface area contributed by atoms with Gasteiger partial charge in [-0.15, -0.1) is 0 Å². The molecular formula is C15H14BrClFN. The Labute approximate surface area is 125 Å². The number of hydrogen-bond acceptors (Lipinski definition) is 1. The van der Waals surface area contributed by atoms with Gasteiger partial charge in [0.1, 0.15) is 5.82 Å². The highest BCUT2D eigenvalue weighted by Crippen LogP contribution is 2.30. The molecule has 0 aliphatic rings. The van der Waals surface area contributed by atoms with Crippen LogP contribution in [0.1, 0.15) is 22.7 Å². The molecule has 0 radical (unpaired) electrons. The summed E-state index contributed by atoms with van der Waals surface area (Å²) >= 11 is 9.42. The van der Waals surface area contributed by atoms with E-state index in [4.69, 9.17) is 11.6 Å². The van der Waals surface area contributed by atoms with Crippen LogP contribution in [0, 0.1) is 12.7 Å². The molecule has 0 aliphatic heterocycles. The fourth-order valence-electron chi connectivity index (χ4n) is 2.14. The van der Waals surface area contributed by atoms with E-state index in [2.05, 4.69) is 21.2 Å². The summed E-state index contributed by atoms with van der Waals surface area (Å²) in [6.07, 6.45) is 0. The Morgan fingerprint density at radius 3 is 2.58 bits per heavy atom. The highest BCUT2D eigenvalue weighted by atomic mass is 79.9. The monoisotopic (exact) mass is 341 g/mol. The highest BCUT2D eigenvalue weighted by Gasteiger charge is 2.18. The molecule has 2 rings (SSSR count). The maximum Gasteiger partial charge on any atom is 0.128 e. The Hall–Kier alpha value is -0.900. The molecule has 0 amide bonds. The molecule has 1 atom stereocenters. The minimum absolute atomic E-state index is 0.226. The topological polar surface area (TPSA) is 12.0 Å². The van der Waals surface area contributed by atoms with E-state index in [-0.39, 0.29) is 11.9 Å². The molecule has 4 heteroatoms. The number of hydrogen-bond donors (Lipinski definition) is 1. The van der Waals surface area contributed by atoms with Gasteiger partial charge < -0.3 is 5.32 Å². The van der Waals surface area contributed by atoms with E-state index in [1.54, 1.807) is 12.1 Å². The van der Waals surface area contributed by atoms with Gasteiger partial charge in [-0.2, -0.15) is 0 Å². The summed E-state index contributed by atoms with van der Waals surface area (Å²) in [5.74, 6) is -0.234. The van der Waals surface area contributed by atoms with Gasteiger partial charge in [-0.25, -0.2) is 4.39 Å². The van der Waals surface area contributed by atoms with Crippen LogP contribution in [-0.4, -0.2) is 7.05 Å².